The van der Waals surface area contributed by atoms with Crippen LogP contribution in [0, 0.1) is 20.8 Å². The van der Waals surface area contributed by atoms with Crippen molar-refractivity contribution in [2.24, 2.45) is 0 Å². The molecule has 0 saturated heterocycles. The van der Waals surface area contributed by atoms with Gasteiger partial charge in [0.05, 0.1) is 30.6 Å². The van der Waals surface area contributed by atoms with E-state index in [0.29, 0.717) is 12.3 Å². The average Bonchev–Trinajstić information content (AvgIpc) is 3.24. The van der Waals surface area contributed by atoms with Crippen LogP contribution >= 0.6 is 0 Å². The first-order chi connectivity index (χ1) is 13.5. The highest BCUT2D eigenvalue weighted by Gasteiger charge is 2.27. The number of hydrogen-bond acceptors (Lipinski definition) is 6. The van der Waals surface area contributed by atoms with Gasteiger partial charge >= 0.3 is 0 Å². The van der Waals surface area contributed by atoms with Gasteiger partial charge in [0.2, 0.25) is 5.91 Å². The highest BCUT2D eigenvalue weighted by Crippen LogP contribution is 2.38. The number of hydrogen-bond donors (Lipinski definition) is 1. The second kappa shape index (κ2) is 7.42. The Morgan fingerprint density at radius 3 is 2.82 bits per heavy atom. The molecule has 0 aliphatic carbocycles. The van der Waals surface area contributed by atoms with Crippen LogP contribution in [0.4, 0.5) is 0 Å². The summed E-state index contributed by atoms with van der Waals surface area (Å²) in [6.45, 7) is 6.15. The molecule has 1 aromatic carbocycles. The topological polar surface area (TPSA) is 90.1 Å². The normalized spacial score (nSPS) is 15.2. The number of ether oxygens (including phenoxy) is 1. The van der Waals surface area contributed by atoms with E-state index in [1.807, 2.05) is 13.8 Å². The molecule has 4 rings (SSSR count). The van der Waals surface area contributed by atoms with Crippen molar-refractivity contribution < 1.29 is 14.1 Å². The number of amides is 1. The molecule has 0 fully saturated rings. The van der Waals surface area contributed by atoms with E-state index >= 15 is 0 Å². The lowest BCUT2D eigenvalue weighted by atomic mass is 10.0. The fourth-order valence-electron chi connectivity index (χ4n) is 3.54. The van der Waals surface area contributed by atoms with E-state index in [4.69, 9.17) is 9.26 Å². The number of aromatic nitrogens is 3. The lowest BCUT2D eigenvalue weighted by Gasteiger charge is -2.13. The summed E-state index contributed by atoms with van der Waals surface area (Å²) in [5.74, 6) is 1.44. The minimum Gasteiger partial charge on any atom is -0.487 e. The molecular weight excluding hydrogens is 356 g/mol. The lowest BCUT2D eigenvalue weighted by molar-refractivity contribution is -0.120. The van der Waals surface area contributed by atoms with Crippen molar-refractivity contribution in [2.45, 2.75) is 39.7 Å². The number of benzene rings is 1. The van der Waals surface area contributed by atoms with Gasteiger partial charge in [0.15, 0.2) is 0 Å². The Morgan fingerprint density at radius 1 is 1.25 bits per heavy atom. The van der Waals surface area contributed by atoms with Crippen LogP contribution in [0.15, 0.2) is 35.2 Å². The highest BCUT2D eigenvalue weighted by molar-refractivity contribution is 5.79. The summed E-state index contributed by atoms with van der Waals surface area (Å²) in [6, 6.07) is 4.18. The van der Waals surface area contributed by atoms with Crippen LogP contribution in [0.5, 0.6) is 5.75 Å². The number of rotatable bonds is 5. The van der Waals surface area contributed by atoms with E-state index in [1.54, 1.807) is 18.6 Å². The van der Waals surface area contributed by atoms with E-state index in [-0.39, 0.29) is 18.4 Å². The lowest BCUT2D eigenvalue weighted by Crippen LogP contribution is -2.35. The quantitative estimate of drug-likeness (QED) is 0.734. The molecule has 0 saturated carbocycles. The maximum absolute atomic E-state index is 12.3. The molecule has 1 aliphatic rings. The third kappa shape index (κ3) is 3.60. The van der Waals surface area contributed by atoms with Crippen LogP contribution in [-0.4, -0.2) is 33.7 Å². The summed E-state index contributed by atoms with van der Waals surface area (Å²) in [4.78, 5) is 20.9. The van der Waals surface area contributed by atoms with Gasteiger partial charge in [-0.3, -0.25) is 14.8 Å². The molecule has 1 N–H and O–H groups in total. The number of nitrogens with one attached hydrogen (secondary N) is 1. The van der Waals surface area contributed by atoms with Crippen LogP contribution in [0.2, 0.25) is 0 Å². The third-order valence-corrected chi connectivity index (χ3v) is 4.93. The third-order valence-electron chi connectivity index (χ3n) is 4.93. The number of carbonyl (C=O) groups excluding carboxylic acids is 1. The molecule has 2 aromatic heterocycles. The summed E-state index contributed by atoms with van der Waals surface area (Å²) < 4.78 is 11.3. The van der Waals surface area contributed by atoms with Crippen LogP contribution in [0.3, 0.4) is 0 Å². The van der Waals surface area contributed by atoms with Crippen molar-refractivity contribution in [3.8, 4) is 17.0 Å². The molecule has 3 aromatic rings. The van der Waals surface area contributed by atoms with Crippen molar-refractivity contribution in [1.29, 1.82) is 0 Å². The Balaban J connectivity index is 1.43. The summed E-state index contributed by atoms with van der Waals surface area (Å²) in [5, 5.41) is 6.85. The minimum atomic E-state index is -0.110. The Bertz CT molecular complexity index is 994. The summed E-state index contributed by atoms with van der Waals surface area (Å²) in [7, 11) is 0. The Labute approximate surface area is 163 Å². The first-order valence-electron chi connectivity index (χ1n) is 9.26. The molecule has 1 atom stereocenters. The molecular formula is C21H22N4O3. The number of fused-ring (bicyclic) bond motifs is 1. The summed E-state index contributed by atoms with van der Waals surface area (Å²) >= 11 is 0. The van der Waals surface area contributed by atoms with Gasteiger partial charge in [-0.05, 0) is 38.0 Å². The number of aryl methyl sites for hydroxylation is 3. The summed E-state index contributed by atoms with van der Waals surface area (Å²) in [6.07, 6.45) is 5.95. The Kier molecular flexibility index (Phi) is 4.81. The van der Waals surface area contributed by atoms with Gasteiger partial charge in [0, 0.05) is 29.9 Å². The van der Waals surface area contributed by atoms with Crippen molar-refractivity contribution in [3.63, 3.8) is 0 Å². The second-order valence-corrected chi connectivity index (χ2v) is 7.12. The maximum Gasteiger partial charge on any atom is 0.224 e. The van der Waals surface area contributed by atoms with Crippen molar-refractivity contribution in [1.82, 2.24) is 20.4 Å². The van der Waals surface area contributed by atoms with Crippen LogP contribution in [-0.2, 0) is 17.6 Å². The predicted octanol–water partition coefficient (Wildman–Crippen LogP) is 2.72. The zero-order valence-electron chi connectivity index (χ0n) is 16.2. The predicted molar refractivity (Wildman–Crippen MR) is 103 cm³/mol. The molecule has 144 valence electrons. The molecule has 3 heterocycles. The largest absolute Gasteiger partial charge is 0.487 e. The maximum atomic E-state index is 12.3. The first kappa shape index (κ1) is 18.2. The number of carbonyl (C=O) groups is 1. The molecule has 1 aliphatic heterocycles. The fourth-order valence-corrected chi connectivity index (χ4v) is 3.54. The smallest absolute Gasteiger partial charge is 0.224 e. The monoisotopic (exact) mass is 378 g/mol. The van der Waals surface area contributed by atoms with E-state index in [0.717, 1.165) is 45.8 Å². The zero-order valence-corrected chi connectivity index (χ0v) is 16.2. The Morgan fingerprint density at radius 2 is 2.11 bits per heavy atom. The van der Waals surface area contributed by atoms with Crippen LogP contribution < -0.4 is 10.1 Å². The van der Waals surface area contributed by atoms with Gasteiger partial charge < -0.3 is 14.6 Å². The van der Waals surface area contributed by atoms with Crippen LogP contribution in [0.1, 0.15) is 28.1 Å². The first-order valence-corrected chi connectivity index (χ1v) is 9.26. The van der Waals surface area contributed by atoms with E-state index in [1.165, 1.54) is 0 Å². The zero-order chi connectivity index (χ0) is 19.7. The molecule has 7 nitrogen and oxygen atoms in total. The van der Waals surface area contributed by atoms with Crippen molar-refractivity contribution in [2.75, 3.05) is 6.54 Å². The van der Waals surface area contributed by atoms with E-state index in [9.17, 15) is 4.79 Å². The van der Waals surface area contributed by atoms with Gasteiger partial charge in [0.1, 0.15) is 17.6 Å². The van der Waals surface area contributed by atoms with Crippen molar-refractivity contribution >= 4 is 5.91 Å². The highest BCUT2D eigenvalue weighted by atomic mass is 16.5. The van der Waals surface area contributed by atoms with Gasteiger partial charge in [0.25, 0.3) is 0 Å². The molecule has 1 unspecified atom stereocenters. The number of nitrogens with zero attached hydrogens (tertiary/aromatic N) is 3. The SMILES string of the molecule is Cc1cc2c(c(-c3cnccn3)c1)OC(CNC(=O)Cc1c(C)noc1C)C2. The summed E-state index contributed by atoms with van der Waals surface area (Å²) in [5.41, 5.74) is 5.59. The van der Waals surface area contributed by atoms with E-state index in [2.05, 4.69) is 39.5 Å². The molecule has 0 spiro atoms. The van der Waals surface area contributed by atoms with Gasteiger partial charge in [-0.2, -0.15) is 0 Å². The molecule has 1 amide bonds. The fraction of sp³-hybridized carbons (Fsp3) is 0.333. The minimum absolute atomic E-state index is 0.0701. The van der Waals surface area contributed by atoms with Gasteiger partial charge in [-0.1, -0.05) is 11.2 Å². The standard InChI is InChI=1S/C21H22N4O3/c1-12-6-15-8-16(10-24-20(26)9-17-13(2)25-28-14(17)3)27-21(15)18(7-12)19-11-22-4-5-23-19/h4-7,11,16H,8-10H2,1-3H3,(H,24,26). The average molecular weight is 378 g/mol. The molecule has 7 heteroatoms. The molecule has 0 bridgehead atoms. The Hall–Kier alpha value is -3.22. The molecule has 28 heavy (non-hydrogen) atoms. The molecule has 0 radical (unpaired) electrons. The van der Waals surface area contributed by atoms with Gasteiger partial charge in [-0.15, -0.1) is 0 Å². The second-order valence-electron chi connectivity index (χ2n) is 7.12. The van der Waals surface area contributed by atoms with Crippen molar-refractivity contribution in [3.05, 3.63) is 58.9 Å². The van der Waals surface area contributed by atoms with Gasteiger partial charge in [-0.25, -0.2) is 0 Å². The van der Waals surface area contributed by atoms with Crippen LogP contribution in [0.25, 0.3) is 11.3 Å². The van der Waals surface area contributed by atoms with E-state index < -0.39 is 0 Å².